The summed E-state index contributed by atoms with van der Waals surface area (Å²) in [6.07, 6.45) is 0.362. The predicted molar refractivity (Wildman–Crippen MR) is 91.8 cm³/mol. The standard InChI is InChI=1S/C17H18N6O/c1-9-15-16(18-10(2)19-17(15)23(3)22-9)21-13-8-14(24)20-12-7-5-4-6-11(12)13/h4-7,13H,8H2,1-3H3,(H,20,24)(H,18,19,21)/t13-/m0/s1. The molecule has 4 rings (SSSR count). The van der Waals surface area contributed by atoms with Crippen molar-refractivity contribution in [3.8, 4) is 0 Å². The SMILES string of the molecule is Cc1nc(N[C@H]2CC(=O)Nc3ccccc32)c2c(C)nn(C)c2n1. The van der Waals surface area contributed by atoms with E-state index in [0.717, 1.165) is 33.8 Å². The van der Waals surface area contributed by atoms with E-state index >= 15 is 0 Å². The number of rotatable bonds is 2. The van der Waals surface area contributed by atoms with E-state index < -0.39 is 0 Å². The van der Waals surface area contributed by atoms with Gasteiger partial charge in [-0.2, -0.15) is 5.10 Å². The fourth-order valence-corrected chi connectivity index (χ4v) is 3.26. The quantitative estimate of drug-likeness (QED) is 0.757. The number of benzene rings is 1. The number of hydrogen-bond donors (Lipinski definition) is 2. The third-order valence-corrected chi connectivity index (χ3v) is 4.28. The molecule has 0 fully saturated rings. The van der Waals surface area contributed by atoms with E-state index in [0.29, 0.717) is 12.2 Å². The smallest absolute Gasteiger partial charge is 0.226 e. The van der Waals surface area contributed by atoms with E-state index in [1.807, 2.05) is 45.2 Å². The molecule has 0 unspecified atom stereocenters. The molecule has 1 atom stereocenters. The normalized spacial score (nSPS) is 16.8. The monoisotopic (exact) mass is 322 g/mol. The highest BCUT2D eigenvalue weighted by Crippen LogP contribution is 2.34. The second-order valence-corrected chi connectivity index (χ2v) is 6.06. The molecule has 0 bridgehead atoms. The molecule has 1 amide bonds. The molecule has 0 aliphatic carbocycles. The van der Waals surface area contributed by atoms with Crippen molar-refractivity contribution in [2.45, 2.75) is 26.3 Å². The number of fused-ring (bicyclic) bond motifs is 2. The van der Waals surface area contributed by atoms with Crippen LogP contribution in [-0.2, 0) is 11.8 Å². The number of para-hydroxylation sites is 1. The van der Waals surface area contributed by atoms with Gasteiger partial charge in [0.2, 0.25) is 5.91 Å². The van der Waals surface area contributed by atoms with Gasteiger partial charge in [-0.25, -0.2) is 9.97 Å². The van der Waals surface area contributed by atoms with Crippen LogP contribution in [0.2, 0.25) is 0 Å². The largest absolute Gasteiger partial charge is 0.362 e. The van der Waals surface area contributed by atoms with Crippen LogP contribution in [0.3, 0.4) is 0 Å². The van der Waals surface area contributed by atoms with Gasteiger partial charge >= 0.3 is 0 Å². The molecule has 3 aromatic rings. The Morgan fingerprint density at radius 2 is 2.04 bits per heavy atom. The Morgan fingerprint density at radius 3 is 2.88 bits per heavy atom. The van der Waals surface area contributed by atoms with Crippen molar-refractivity contribution in [2.75, 3.05) is 10.6 Å². The molecule has 3 heterocycles. The summed E-state index contributed by atoms with van der Waals surface area (Å²) in [4.78, 5) is 21.1. The summed E-state index contributed by atoms with van der Waals surface area (Å²) in [5.41, 5.74) is 3.55. The van der Waals surface area contributed by atoms with Crippen LogP contribution in [0.25, 0.3) is 11.0 Å². The molecule has 2 aromatic heterocycles. The molecule has 7 nitrogen and oxygen atoms in total. The van der Waals surface area contributed by atoms with Crippen molar-refractivity contribution >= 4 is 28.4 Å². The Bertz CT molecular complexity index is 961. The van der Waals surface area contributed by atoms with E-state index in [-0.39, 0.29) is 11.9 Å². The first-order valence-electron chi connectivity index (χ1n) is 7.86. The molecule has 0 saturated carbocycles. The van der Waals surface area contributed by atoms with Gasteiger partial charge in [0.25, 0.3) is 0 Å². The Morgan fingerprint density at radius 1 is 1.25 bits per heavy atom. The van der Waals surface area contributed by atoms with Gasteiger partial charge in [0.05, 0.1) is 23.5 Å². The second-order valence-electron chi connectivity index (χ2n) is 6.06. The van der Waals surface area contributed by atoms with Crippen molar-refractivity contribution in [2.24, 2.45) is 7.05 Å². The summed E-state index contributed by atoms with van der Waals surface area (Å²) < 4.78 is 1.76. The minimum atomic E-state index is -0.132. The number of carbonyl (C=O) groups is 1. The number of aryl methyl sites for hydroxylation is 3. The van der Waals surface area contributed by atoms with Gasteiger partial charge in [-0.15, -0.1) is 0 Å². The van der Waals surface area contributed by atoms with Gasteiger partial charge in [0.1, 0.15) is 11.6 Å². The summed E-state index contributed by atoms with van der Waals surface area (Å²) in [5, 5.41) is 11.7. The molecule has 0 spiro atoms. The van der Waals surface area contributed by atoms with Gasteiger partial charge in [0.15, 0.2) is 5.65 Å². The lowest BCUT2D eigenvalue weighted by molar-refractivity contribution is -0.116. The second kappa shape index (κ2) is 5.30. The Labute approximate surface area is 139 Å². The van der Waals surface area contributed by atoms with Gasteiger partial charge in [0, 0.05) is 12.7 Å². The van der Waals surface area contributed by atoms with E-state index in [1.165, 1.54) is 0 Å². The third kappa shape index (κ3) is 2.29. The van der Waals surface area contributed by atoms with Crippen LogP contribution in [0.15, 0.2) is 24.3 Å². The van der Waals surface area contributed by atoms with E-state index in [4.69, 9.17) is 0 Å². The molecule has 24 heavy (non-hydrogen) atoms. The van der Waals surface area contributed by atoms with Crippen molar-refractivity contribution in [3.63, 3.8) is 0 Å². The van der Waals surface area contributed by atoms with Crippen LogP contribution in [0.5, 0.6) is 0 Å². The molecule has 122 valence electrons. The summed E-state index contributed by atoms with van der Waals surface area (Å²) in [6, 6.07) is 7.69. The Kier molecular flexibility index (Phi) is 3.23. The highest BCUT2D eigenvalue weighted by atomic mass is 16.1. The first kappa shape index (κ1) is 14.6. The lowest BCUT2D eigenvalue weighted by Gasteiger charge is -2.27. The Hall–Kier alpha value is -2.96. The number of hydrogen-bond acceptors (Lipinski definition) is 5. The Balaban J connectivity index is 1.82. The minimum Gasteiger partial charge on any atom is -0.362 e. The van der Waals surface area contributed by atoms with Crippen LogP contribution in [0.4, 0.5) is 11.5 Å². The molecule has 2 N–H and O–H groups in total. The maximum atomic E-state index is 12.0. The summed E-state index contributed by atoms with van der Waals surface area (Å²) in [6.45, 7) is 3.79. The zero-order valence-electron chi connectivity index (χ0n) is 13.8. The highest BCUT2D eigenvalue weighted by molar-refractivity contribution is 5.96. The lowest BCUT2D eigenvalue weighted by Crippen LogP contribution is -2.27. The molecule has 1 aliphatic heterocycles. The number of amides is 1. The minimum absolute atomic E-state index is 0.00358. The van der Waals surface area contributed by atoms with Crippen LogP contribution in [0, 0.1) is 13.8 Å². The van der Waals surface area contributed by atoms with Crippen molar-refractivity contribution in [3.05, 3.63) is 41.3 Å². The maximum absolute atomic E-state index is 12.0. The molecule has 0 saturated heterocycles. The number of anilines is 2. The van der Waals surface area contributed by atoms with Gasteiger partial charge in [-0.1, -0.05) is 18.2 Å². The van der Waals surface area contributed by atoms with E-state index in [1.54, 1.807) is 4.68 Å². The molecule has 0 radical (unpaired) electrons. The van der Waals surface area contributed by atoms with E-state index in [2.05, 4.69) is 25.7 Å². The maximum Gasteiger partial charge on any atom is 0.226 e. The van der Waals surface area contributed by atoms with Crippen LogP contribution >= 0.6 is 0 Å². The number of carbonyl (C=O) groups excluding carboxylic acids is 1. The fraction of sp³-hybridized carbons (Fsp3) is 0.294. The molecular weight excluding hydrogens is 304 g/mol. The summed E-state index contributed by atoms with van der Waals surface area (Å²) in [7, 11) is 1.87. The average molecular weight is 322 g/mol. The van der Waals surface area contributed by atoms with Gasteiger partial charge in [-0.3, -0.25) is 9.48 Å². The fourth-order valence-electron chi connectivity index (χ4n) is 3.26. The van der Waals surface area contributed by atoms with Gasteiger partial charge < -0.3 is 10.6 Å². The first-order valence-corrected chi connectivity index (χ1v) is 7.86. The zero-order chi connectivity index (χ0) is 16.8. The topological polar surface area (TPSA) is 84.7 Å². The van der Waals surface area contributed by atoms with E-state index in [9.17, 15) is 4.79 Å². The predicted octanol–water partition coefficient (Wildman–Crippen LogP) is 2.48. The average Bonchev–Trinajstić information content (AvgIpc) is 2.81. The molecule has 1 aromatic carbocycles. The lowest BCUT2D eigenvalue weighted by atomic mass is 9.97. The van der Waals surface area contributed by atoms with Crippen molar-refractivity contribution < 1.29 is 4.79 Å². The highest BCUT2D eigenvalue weighted by Gasteiger charge is 2.26. The summed E-state index contributed by atoms with van der Waals surface area (Å²) >= 11 is 0. The number of nitrogens with zero attached hydrogens (tertiary/aromatic N) is 4. The van der Waals surface area contributed by atoms with Gasteiger partial charge in [-0.05, 0) is 25.5 Å². The zero-order valence-corrected chi connectivity index (χ0v) is 13.8. The molecule has 1 aliphatic rings. The van der Waals surface area contributed by atoms with Crippen LogP contribution in [-0.4, -0.2) is 25.7 Å². The third-order valence-electron chi connectivity index (χ3n) is 4.28. The van der Waals surface area contributed by atoms with Crippen LogP contribution in [0.1, 0.15) is 29.5 Å². The van der Waals surface area contributed by atoms with Crippen LogP contribution < -0.4 is 10.6 Å². The number of nitrogens with one attached hydrogen (secondary N) is 2. The van der Waals surface area contributed by atoms with Crippen molar-refractivity contribution in [1.82, 2.24) is 19.7 Å². The van der Waals surface area contributed by atoms with Crippen molar-refractivity contribution in [1.29, 1.82) is 0 Å². The summed E-state index contributed by atoms with van der Waals surface area (Å²) in [5.74, 6) is 1.38. The first-order chi connectivity index (χ1) is 11.5. The number of aromatic nitrogens is 4. The molecular formula is C17H18N6O. The molecule has 7 heteroatoms.